The predicted octanol–water partition coefficient (Wildman–Crippen LogP) is 0.647. The summed E-state index contributed by atoms with van der Waals surface area (Å²) in [5, 5.41) is 31.4. The van der Waals surface area contributed by atoms with E-state index in [1.807, 2.05) is 0 Å². The lowest BCUT2D eigenvalue weighted by Crippen LogP contribution is -2.43. The van der Waals surface area contributed by atoms with E-state index in [9.17, 15) is 24.8 Å². The number of aliphatic hydroxyl groups is 1. The van der Waals surface area contributed by atoms with Gasteiger partial charge in [-0.1, -0.05) is 0 Å². The molecule has 2 rings (SSSR count). The number of likely N-dealkylation sites (tertiary alicyclic amines) is 1. The molecule has 1 aliphatic heterocycles. The van der Waals surface area contributed by atoms with Crippen LogP contribution in [0, 0.1) is 10.1 Å². The second kappa shape index (κ2) is 5.75. The molecule has 0 aliphatic carbocycles. The van der Waals surface area contributed by atoms with Crippen LogP contribution in [0.25, 0.3) is 0 Å². The number of aliphatic carboxylic acids is 1. The van der Waals surface area contributed by atoms with E-state index in [1.165, 1.54) is 24.3 Å². The summed E-state index contributed by atoms with van der Waals surface area (Å²) in [6, 6.07) is 3.38. The summed E-state index contributed by atoms with van der Waals surface area (Å²) >= 11 is 0. The first-order valence-corrected chi connectivity index (χ1v) is 6.11. The van der Waals surface area contributed by atoms with E-state index in [4.69, 9.17) is 5.11 Å². The van der Waals surface area contributed by atoms with Crippen molar-refractivity contribution in [1.82, 2.24) is 4.90 Å². The number of carboxylic acids is 1. The van der Waals surface area contributed by atoms with Gasteiger partial charge in [-0.15, -0.1) is 0 Å². The SMILES string of the molecule is O=C(O)[C@@H]1CC(O)CN1C(=O)Nc1ccc([N+](=O)[O-])cc1. The molecule has 0 saturated carbocycles. The highest BCUT2D eigenvalue weighted by Crippen LogP contribution is 2.21. The number of β-amino-alcohol motifs (C(OH)–C–C–N with tert-alkyl or cyclic N) is 1. The minimum absolute atomic E-state index is 0.0248. The molecule has 9 nitrogen and oxygen atoms in total. The monoisotopic (exact) mass is 295 g/mol. The van der Waals surface area contributed by atoms with Crippen molar-refractivity contribution in [2.75, 3.05) is 11.9 Å². The number of carbonyl (C=O) groups is 2. The molecule has 1 fully saturated rings. The molecule has 112 valence electrons. The number of nitro groups is 1. The number of carboxylic acid groups (broad SMARTS) is 1. The molecule has 0 spiro atoms. The van der Waals surface area contributed by atoms with Gasteiger partial charge in [0, 0.05) is 30.8 Å². The minimum atomic E-state index is -1.19. The maximum atomic E-state index is 12.0. The molecule has 21 heavy (non-hydrogen) atoms. The van der Waals surface area contributed by atoms with Gasteiger partial charge in [0.05, 0.1) is 11.0 Å². The van der Waals surface area contributed by atoms with Crippen molar-refractivity contribution in [2.45, 2.75) is 18.6 Å². The molecule has 1 saturated heterocycles. The van der Waals surface area contributed by atoms with Crippen LogP contribution in [0.1, 0.15) is 6.42 Å². The van der Waals surface area contributed by atoms with Crippen LogP contribution >= 0.6 is 0 Å². The molecule has 0 aromatic heterocycles. The molecule has 1 aromatic rings. The molecule has 1 heterocycles. The molecule has 1 unspecified atom stereocenters. The Bertz CT molecular complexity index is 573. The Labute approximate surface area is 118 Å². The maximum Gasteiger partial charge on any atom is 0.326 e. The number of nitrogens with zero attached hydrogens (tertiary/aromatic N) is 2. The number of aliphatic hydroxyl groups excluding tert-OH is 1. The van der Waals surface area contributed by atoms with Crippen molar-refractivity contribution in [3.63, 3.8) is 0 Å². The average Bonchev–Trinajstić information content (AvgIpc) is 2.82. The van der Waals surface area contributed by atoms with Crippen LogP contribution < -0.4 is 5.32 Å². The minimum Gasteiger partial charge on any atom is -0.480 e. The number of rotatable bonds is 3. The van der Waals surface area contributed by atoms with Gasteiger partial charge in [-0.3, -0.25) is 10.1 Å². The Balaban J connectivity index is 2.06. The van der Waals surface area contributed by atoms with E-state index in [1.54, 1.807) is 0 Å². The van der Waals surface area contributed by atoms with Crippen LogP contribution in [0.5, 0.6) is 0 Å². The number of hydrogen-bond donors (Lipinski definition) is 3. The van der Waals surface area contributed by atoms with E-state index in [0.29, 0.717) is 5.69 Å². The van der Waals surface area contributed by atoms with Gasteiger partial charge < -0.3 is 20.4 Å². The quantitative estimate of drug-likeness (QED) is 0.553. The first kappa shape index (κ1) is 14.7. The summed E-state index contributed by atoms with van der Waals surface area (Å²) in [5.41, 5.74) is 0.184. The van der Waals surface area contributed by atoms with E-state index < -0.39 is 29.1 Å². The second-order valence-corrected chi connectivity index (χ2v) is 4.63. The third kappa shape index (κ3) is 3.26. The van der Waals surface area contributed by atoms with Gasteiger partial charge in [-0.25, -0.2) is 9.59 Å². The number of nitro benzene ring substituents is 1. The molecule has 1 aromatic carbocycles. The Morgan fingerprint density at radius 3 is 2.48 bits per heavy atom. The zero-order chi connectivity index (χ0) is 15.6. The van der Waals surface area contributed by atoms with Crippen LogP contribution in [-0.4, -0.2) is 50.7 Å². The third-order valence-corrected chi connectivity index (χ3v) is 3.15. The van der Waals surface area contributed by atoms with E-state index >= 15 is 0 Å². The number of amides is 2. The number of non-ortho nitro benzene ring substituents is 1. The topological polar surface area (TPSA) is 133 Å². The summed E-state index contributed by atoms with van der Waals surface area (Å²) in [6.07, 6.45) is -0.906. The Hall–Kier alpha value is -2.68. The van der Waals surface area contributed by atoms with Crippen LogP contribution in [0.15, 0.2) is 24.3 Å². The zero-order valence-corrected chi connectivity index (χ0v) is 10.8. The molecule has 2 amide bonds. The molecule has 0 radical (unpaired) electrons. The first-order chi connectivity index (χ1) is 9.88. The average molecular weight is 295 g/mol. The second-order valence-electron chi connectivity index (χ2n) is 4.63. The fraction of sp³-hybridized carbons (Fsp3) is 0.333. The number of hydrogen-bond acceptors (Lipinski definition) is 5. The first-order valence-electron chi connectivity index (χ1n) is 6.11. The highest BCUT2D eigenvalue weighted by Gasteiger charge is 2.38. The molecular formula is C12H13N3O6. The summed E-state index contributed by atoms with van der Waals surface area (Å²) in [6.45, 7) is -0.0736. The number of urea groups is 1. The zero-order valence-electron chi connectivity index (χ0n) is 10.8. The molecule has 2 atom stereocenters. The number of carbonyl (C=O) groups excluding carboxylic acids is 1. The lowest BCUT2D eigenvalue weighted by molar-refractivity contribution is -0.384. The summed E-state index contributed by atoms with van der Waals surface area (Å²) in [4.78, 5) is 34.0. The highest BCUT2D eigenvalue weighted by atomic mass is 16.6. The smallest absolute Gasteiger partial charge is 0.326 e. The summed E-state index contributed by atoms with van der Waals surface area (Å²) in [5.74, 6) is -1.19. The van der Waals surface area contributed by atoms with Crippen molar-refractivity contribution in [1.29, 1.82) is 0 Å². The van der Waals surface area contributed by atoms with Crippen LogP contribution in [-0.2, 0) is 4.79 Å². The lowest BCUT2D eigenvalue weighted by Gasteiger charge is -2.21. The van der Waals surface area contributed by atoms with Crippen molar-refractivity contribution in [3.8, 4) is 0 Å². The van der Waals surface area contributed by atoms with Gasteiger partial charge in [-0.2, -0.15) is 0 Å². The molecule has 9 heteroatoms. The van der Waals surface area contributed by atoms with E-state index in [-0.39, 0.29) is 18.7 Å². The largest absolute Gasteiger partial charge is 0.480 e. The van der Waals surface area contributed by atoms with Crippen molar-refractivity contribution < 1.29 is 24.7 Å². The van der Waals surface area contributed by atoms with Gasteiger partial charge >= 0.3 is 12.0 Å². The summed E-state index contributed by atoms with van der Waals surface area (Å²) < 4.78 is 0. The van der Waals surface area contributed by atoms with Crippen molar-refractivity contribution >= 4 is 23.4 Å². The van der Waals surface area contributed by atoms with E-state index in [2.05, 4.69) is 5.32 Å². The van der Waals surface area contributed by atoms with Crippen molar-refractivity contribution in [2.24, 2.45) is 0 Å². The number of anilines is 1. The Morgan fingerprint density at radius 2 is 1.95 bits per heavy atom. The Kier molecular flexibility index (Phi) is 4.03. The van der Waals surface area contributed by atoms with Crippen LogP contribution in [0.4, 0.5) is 16.2 Å². The fourth-order valence-electron chi connectivity index (χ4n) is 2.13. The van der Waals surface area contributed by atoms with Crippen LogP contribution in [0.2, 0.25) is 0 Å². The fourth-order valence-corrected chi connectivity index (χ4v) is 2.13. The van der Waals surface area contributed by atoms with Gasteiger partial charge in [0.15, 0.2) is 0 Å². The standard InChI is InChI=1S/C12H13N3O6/c16-9-5-10(11(17)18)14(6-9)12(19)13-7-1-3-8(4-2-7)15(20)21/h1-4,9-10,16H,5-6H2,(H,13,19)(H,17,18)/t9?,10-/m0/s1. The van der Waals surface area contributed by atoms with E-state index in [0.717, 1.165) is 4.90 Å². The molecule has 3 N–H and O–H groups in total. The van der Waals surface area contributed by atoms with Gasteiger partial charge in [0.25, 0.3) is 5.69 Å². The van der Waals surface area contributed by atoms with Gasteiger partial charge in [0.1, 0.15) is 6.04 Å². The Morgan fingerprint density at radius 1 is 1.33 bits per heavy atom. The number of benzene rings is 1. The van der Waals surface area contributed by atoms with Crippen LogP contribution in [0.3, 0.4) is 0 Å². The van der Waals surface area contributed by atoms with Crippen molar-refractivity contribution in [3.05, 3.63) is 34.4 Å². The summed E-state index contributed by atoms with van der Waals surface area (Å²) in [7, 11) is 0. The predicted molar refractivity (Wildman–Crippen MR) is 70.9 cm³/mol. The molecule has 1 aliphatic rings. The maximum absolute atomic E-state index is 12.0. The highest BCUT2D eigenvalue weighted by molar-refractivity contribution is 5.92. The lowest BCUT2D eigenvalue weighted by atomic mass is 10.2. The molecular weight excluding hydrogens is 282 g/mol. The van der Waals surface area contributed by atoms with Gasteiger partial charge in [-0.05, 0) is 12.1 Å². The molecule has 0 bridgehead atoms. The van der Waals surface area contributed by atoms with Gasteiger partial charge in [0.2, 0.25) is 0 Å². The number of nitrogens with one attached hydrogen (secondary N) is 1. The normalized spacial score (nSPS) is 21.1. The third-order valence-electron chi connectivity index (χ3n) is 3.15.